The molecule has 2 aliphatic heterocycles. The van der Waals surface area contributed by atoms with Crippen LogP contribution in [0.4, 0.5) is 23.1 Å². The molecule has 4 N–H and O–H groups in total. The van der Waals surface area contributed by atoms with E-state index in [0.29, 0.717) is 132 Å². The maximum absolute atomic E-state index is 12.3. The number of aromatic nitrogens is 8. The van der Waals surface area contributed by atoms with Gasteiger partial charge in [-0.3, -0.25) is 18.8 Å². The molecule has 0 unspecified atom stereocenters. The topological polar surface area (TPSA) is 213 Å². The van der Waals surface area contributed by atoms with Crippen molar-refractivity contribution in [1.82, 2.24) is 44.6 Å². The molecule has 8 rings (SSSR count). The smallest absolute Gasteiger partial charge is 0.258 e. The Balaban J connectivity index is 0.705. The van der Waals surface area contributed by atoms with E-state index in [-0.39, 0.29) is 24.3 Å². The van der Waals surface area contributed by atoms with Crippen LogP contribution in [0.5, 0.6) is 5.75 Å². The monoisotopic (exact) mass is 919 g/mol. The van der Waals surface area contributed by atoms with Crippen molar-refractivity contribution < 1.29 is 33.3 Å². The Morgan fingerprint density at radius 1 is 0.938 bits per heavy atom. The molecule has 6 heterocycles. The first-order valence-corrected chi connectivity index (χ1v) is 22.1. The second-order valence-corrected chi connectivity index (χ2v) is 15.7. The number of hydrogen-bond acceptors (Lipinski definition) is 15. The molecule has 340 valence electrons. The molecule has 2 aliphatic rings. The van der Waals surface area contributed by atoms with Gasteiger partial charge in [0.1, 0.15) is 23.8 Å². The van der Waals surface area contributed by atoms with Crippen molar-refractivity contribution in [3.63, 3.8) is 0 Å². The Bertz CT molecular complexity index is 2530. The number of aromatic amines is 1. The fourth-order valence-corrected chi connectivity index (χ4v) is 7.74. The second kappa shape index (κ2) is 21.7. The number of hydrogen-bond donors (Lipinski definition) is 4. The third-order valence-electron chi connectivity index (χ3n) is 10.5. The lowest BCUT2D eigenvalue weighted by atomic mass is 10.0. The van der Waals surface area contributed by atoms with Crippen LogP contribution in [0.2, 0.25) is 5.02 Å². The van der Waals surface area contributed by atoms with Gasteiger partial charge in [0.15, 0.2) is 23.6 Å². The third kappa shape index (κ3) is 11.3. The first-order valence-electron chi connectivity index (χ1n) is 21.2. The van der Waals surface area contributed by atoms with Gasteiger partial charge < -0.3 is 54.4 Å². The number of carbonyl (C=O) groups is 2. The molecule has 1 saturated heterocycles. The number of H-pyrrole nitrogens is 1. The van der Waals surface area contributed by atoms with Crippen LogP contribution in [0.3, 0.4) is 0 Å². The van der Waals surface area contributed by atoms with Gasteiger partial charge in [0.25, 0.3) is 5.91 Å². The maximum atomic E-state index is 12.3. The molecule has 1 fully saturated rings. The van der Waals surface area contributed by atoms with Crippen molar-refractivity contribution in [2.45, 2.75) is 19.4 Å². The molecular formula is C42H51Cl2N13O7. The van der Waals surface area contributed by atoms with E-state index in [4.69, 9.17) is 61.8 Å². The van der Waals surface area contributed by atoms with Gasteiger partial charge in [0, 0.05) is 51.7 Å². The zero-order valence-electron chi connectivity index (χ0n) is 35.5. The fraction of sp³-hybridized carbons (Fsp3) is 0.452. The van der Waals surface area contributed by atoms with Crippen LogP contribution in [0.15, 0.2) is 49.1 Å². The van der Waals surface area contributed by atoms with Gasteiger partial charge in [0.05, 0.1) is 93.0 Å². The summed E-state index contributed by atoms with van der Waals surface area (Å²) in [6, 6.07) is 9.23. The number of nitrogens with one attached hydrogen (secondary N) is 4. The highest BCUT2D eigenvalue weighted by Crippen LogP contribution is 2.32. The van der Waals surface area contributed by atoms with Crippen molar-refractivity contribution in [1.29, 1.82) is 0 Å². The molecule has 0 aliphatic carbocycles. The molecule has 4 aromatic heterocycles. The third-order valence-corrected chi connectivity index (χ3v) is 11.1. The van der Waals surface area contributed by atoms with Gasteiger partial charge in [-0.2, -0.15) is 15.1 Å². The normalized spacial score (nSPS) is 14.0. The number of fused-ring (bicyclic) bond motifs is 3. The van der Waals surface area contributed by atoms with Gasteiger partial charge in [-0.05, 0) is 48.7 Å². The zero-order chi connectivity index (χ0) is 44.3. The van der Waals surface area contributed by atoms with Crippen LogP contribution in [0, 0.1) is 0 Å². The Kier molecular flexibility index (Phi) is 15.2. The molecule has 2 aromatic carbocycles. The van der Waals surface area contributed by atoms with Crippen molar-refractivity contribution in [2.75, 3.05) is 118 Å². The molecule has 0 atom stereocenters. The van der Waals surface area contributed by atoms with Crippen LogP contribution in [0.1, 0.15) is 17.8 Å². The van der Waals surface area contributed by atoms with E-state index >= 15 is 0 Å². The van der Waals surface area contributed by atoms with Gasteiger partial charge in [-0.15, -0.1) is 11.6 Å². The van der Waals surface area contributed by atoms with Gasteiger partial charge in [0.2, 0.25) is 11.9 Å². The lowest BCUT2D eigenvalue weighted by molar-refractivity contribution is -0.123. The minimum atomic E-state index is -0.253. The molecular weight excluding hydrogens is 869 g/mol. The lowest BCUT2D eigenvalue weighted by Gasteiger charge is -2.29. The van der Waals surface area contributed by atoms with E-state index in [9.17, 15) is 9.59 Å². The summed E-state index contributed by atoms with van der Waals surface area (Å²) in [7, 11) is 1.87. The summed E-state index contributed by atoms with van der Waals surface area (Å²) in [5.74, 6) is 2.03. The van der Waals surface area contributed by atoms with Crippen molar-refractivity contribution >= 4 is 80.4 Å². The summed E-state index contributed by atoms with van der Waals surface area (Å²) in [6.45, 7) is 6.78. The Morgan fingerprint density at radius 3 is 2.52 bits per heavy atom. The number of alkyl halides is 1. The summed E-state index contributed by atoms with van der Waals surface area (Å²) in [6.07, 6.45) is 7.09. The Morgan fingerprint density at radius 2 is 1.73 bits per heavy atom. The Labute approximate surface area is 378 Å². The number of imidazole rings is 2. The highest BCUT2D eigenvalue weighted by Gasteiger charge is 2.23. The van der Waals surface area contributed by atoms with Gasteiger partial charge in [-0.1, -0.05) is 11.6 Å². The van der Waals surface area contributed by atoms with E-state index in [1.807, 2.05) is 42.1 Å². The molecule has 64 heavy (non-hydrogen) atoms. The summed E-state index contributed by atoms with van der Waals surface area (Å²) in [5.41, 5.74) is 6.31. The SMILES string of the molecule is Cn1cc(-n2cnc3c(NCc4nc5cc(NCCOCCOCCOCCNC(=O)COc6ccc7c(c6)CCCN7C(=O)CCl)c(Cl)cc5[nH]4)nc(N4CCOCC4)nc32)cn1. The summed E-state index contributed by atoms with van der Waals surface area (Å²) in [5, 5.41) is 14.4. The number of morpholine rings is 1. The average molecular weight is 921 g/mol. The van der Waals surface area contributed by atoms with E-state index in [0.717, 1.165) is 46.5 Å². The van der Waals surface area contributed by atoms with Crippen LogP contribution >= 0.6 is 23.2 Å². The predicted molar refractivity (Wildman–Crippen MR) is 242 cm³/mol. The molecule has 2 amide bonds. The Hall–Kier alpha value is -5.77. The highest BCUT2D eigenvalue weighted by atomic mass is 35.5. The first kappa shape index (κ1) is 44.8. The largest absolute Gasteiger partial charge is 0.484 e. The fourth-order valence-electron chi connectivity index (χ4n) is 7.36. The van der Waals surface area contributed by atoms with E-state index in [1.54, 1.807) is 28.2 Å². The van der Waals surface area contributed by atoms with Crippen molar-refractivity contribution in [3.8, 4) is 11.4 Å². The lowest BCUT2D eigenvalue weighted by Crippen LogP contribution is -2.37. The quantitative estimate of drug-likeness (QED) is 0.0565. The standard InChI is InChI=1S/C42H51Cl2N13O7/c1-54-25-29(23-49-54)57-27-48-39-40(52-42(53-41(39)57)55-9-13-62-14-10-55)47-24-36-50-33-20-31(44)32(21-34(33)51-36)45-6-11-60-15-17-63-18-16-61-12-7-46-37(58)26-64-30-4-5-35-28(19-30)3-2-8-56(35)38(59)22-43/h4-5,19-21,23,25,27,45H,2-3,6-18,22,24,26H2,1H3,(H,46,58)(H,50,51)(H,47,52,53). The van der Waals surface area contributed by atoms with Gasteiger partial charge >= 0.3 is 0 Å². The number of aryl methyl sites for hydroxylation is 2. The van der Waals surface area contributed by atoms with Crippen LogP contribution < -0.4 is 30.5 Å². The maximum Gasteiger partial charge on any atom is 0.258 e. The van der Waals surface area contributed by atoms with Crippen LogP contribution in [-0.2, 0) is 48.5 Å². The number of halogens is 2. The van der Waals surface area contributed by atoms with Crippen LogP contribution in [0.25, 0.3) is 27.9 Å². The molecule has 20 nitrogen and oxygen atoms in total. The van der Waals surface area contributed by atoms with Crippen molar-refractivity contribution in [3.05, 3.63) is 65.5 Å². The van der Waals surface area contributed by atoms with Crippen LogP contribution in [-0.4, -0.2) is 149 Å². The molecule has 0 saturated carbocycles. The number of ether oxygens (including phenoxy) is 5. The second-order valence-electron chi connectivity index (χ2n) is 15.0. The summed E-state index contributed by atoms with van der Waals surface area (Å²) >= 11 is 12.4. The number of nitrogens with zero attached hydrogens (tertiary/aromatic N) is 9. The zero-order valence-corrected chi connectivity index (χ0v) is 37.0. The first-order chi connectivity index (χ1) is 31.3. The molecule has 0 spiro atoms. The number of carbonyl (C=O) groups excluding carboxylic acids is 2. The molecule has 0 bridgehead atoms. The highest BCUT2D eigenvalue weighted by molar-refractivity contribution is 6.34. The van der Waals surface area contributed by atoms with Gasteiger partial charge in [-0.25, -0.2) is 9.97 Å². The predicted octanol–water partition coefficient (Wildman–Crippen LogP) is 3.70. The molecule has 6 aromatic rings. The number of amides is 2. The number of rotatable bonds is 22. The average Bonchev–Trinajstić information content (AvgIpc) is 4.06. The number of benzene rings is 2. The summed E-state index contributed by atoms with van der Waals surface area (Å²) in [4.78, 5) is 50.8. The van der Waals surface area contributed by atoms with E-state index in [2.05, 4.69) is 35.9 Å². The number of anilines is 4. The van der Waals surface area contributed by atoms with E-state index in [1.165, 1.54) is 0 Å². The minimum absolute atomic E-state index is 0.0614. The summed E-state index contributed by atoms with van der Waals surface area (Å²) < 4.78 is 31.8. The minimum Gasteiger partial charge on any atom is -0.484 e. The van der Waals surface area contributed by atoms with Crippen molar-refractivity contribution in [2.24, 2.45) is 7.05 Å². The van der Waals surface area contributed by atoms with E-state index < -0.39 is 0 Å². The molecule has 0 radical (unpaired) electrons. The molecule has 22 heteroatoms.